The van der Waals surface area contributed by atoms with Gasteiger partial charge in [-0.25, -0.2) is 5.43 Å². The minimum atomic E-state index is -0.696. The van der Waals surface area contributed by atoms with Gasteiger partial charge in [-0.3, -0.25) is 14.9 Å². The van der Waals surface area contributed by atoms with E-state index in [0.29, 0.717) is 11.1 Å². The second-order valence-corrected chi connectivity index (χ2v) is 4.52. The smallest absolute Gasteiger partial charge is 0.311 e. The second-order valence-electron chi connectivity index (χ2n) is 4.52. The average molecular weight is 299 g/mol. The van der Waals surface area contributed by atoms with E-state index in [9.17, 15) is 20.0 Å². The molecular weight excluding hydrogens is 286 g/mol. The first-order valence-corrected chi connectivity index (χ1v) is 6.35. The molecule has 22 heavy (non-hydrogen) atoms. The third kappa shape index (κ3) is 3.45. The predicted molar refractivity (Wildman–Crippen MR) is 81.0 cm³/mol. The lowest BCUT2D eigenvalue weighted by Crippen LogP contribution is -2.18. The lowest BCUT2D eigenvalue weighted by molar-refractivity contribution is -0.385. The van der Waals surface area contributed by atoms with Gasteiger partial charge < -0.3 is 5.11 Å². The van der Waals surface area contributed by atoms with Crippen molar-refractivity contribution in [1.82, 2.24) is 5.43 Å². The lowest BCUT2D eigenvalue weighted by Gasteiger charge is -2.03. The van der Waals surface area contributed by atoms with E-state index in [2.05, 4.69) is 10.5 Å². The monoisotopic (exact) mass is 299 g/mol. The Balaban J connectivity index is 2.10. The minimum absolute atomic E-state index is 0.373. The summed E-state index contributed by atoms with van der Waals surface area (Å²) < 4.78 is 0. The predicted octanol–water partition coefficient (Wildman–Crippen LogP) is 2.37. The molecule has 0 atom stereocenters. The lowest BCUT2D eigenvalue weighted by atomic mass is 10.1. The molecule has 2 rings (SSSR count). The summed E-state index contributed by atoms with van der Waals surface area (Å²) in [5.74, 6) is -0.797. The van der Waals surface area contributed by atoms with E-state index in [0.717, 1.165) is 5.56 Å². The van der Waals surface area contributed by atoms with E-state index in [1.807, 2.05) is 19.1 Å². The maximum atomic E-state index is 11.9. The van der Waals surface area contributed by atoms with Gasteiger partial charge in [0.15, 0.2) is 5.75 Å². The number of aromatic hydroxyl groups is 1. The number of nitro groups is 1. The number of amides is 1. The van der Waals surface area contributed by atoms with Gasteiger partial charge in [0, 0.05) is 17.2 Å². The molecule has 112 valence electrons. The Bertz CT molecular complexity index is 756. The fraction of sp³-hybridized carbons (Fsp3) is 0.0667. The summed E-state index contributed by atoms with van der Waals surface area (Å²) in [6.07, 6.45) is 1.27. The molecule has 7 nitrogen and oxygen atoms in total. The number of hydrazone groups is 1. The molecule has 0 aromatic heterocycles. The van der Waals surface area contributed by atoms with Crippen LogP contribution in [0.15, 0.2) is 47.6 Å². The van der Waals surface area contributed by atoms with Gasteiger partial charge >= 0.3 is 5.69 Å². The van der Waals surface area contributed by atoms with Crippen LogP contribution in [0.5, 0.6) is 5.75 Å². The van der Waals surface area contributed by atoms with Crippen LogP contribution in [0.25, 0.3) is 0 Å². The average Bonchev–Trinajstić information content (AvgIpc) is 2.49. The largest absolute Gasteiger partial charge is 0.502 e. The van der Waals surface area contributed by atoms with Crippen LogP contribution >= 0.6 is 0 Å². The zero-order chi connectivity index (χ0) is 16.1. The molecule has 2 aromatic carbocycles. The number of rotatable bonds is 4. The number of phenols is 1. The standard InChI is InChI=1S/C15H13N3O4/c1-10-4-2-3-5-12(10)15(20)17-16-9-11-6-7-14(19)13(8-11)18(21)22/h2-9,19H,1H3,(H,17,20)/b16-9-. The molecule has 0 saturated carbocycles. The second kappa shape index (κ2) is 6.49. The van der Waals surface area contributed by atoms with Crippen LogP contribution < -0.4 is 5.43 Å². The highest BCUT2D eigenvalue weighted by Gasteiger charge is 2.12. The number of nitro benzene ring substituents is 1. The SMILES string of the molecule is Cc1ccccc1C(=O)N/N=C\c1ccc(O)c([N+](=O)[O-])c1. The molecule has 0 radical (unpaired) electrons. The zero-order valence-corrected chi connectivity index (χ0v) is 11.7. The number of hydrogen-bond acceptors (Lipinski definition) is 5. The van der Waals surface area contributed by atoms with Gasteiger partial charge in [0.25, 0.3) is 5.91 Å². The summed E-state index contributed by atoms with van der Waals surface area (Å²) in [7, 11) is 0. The maximum absolute atomic E-state index is 11.9. The normalized spacial score (nSPS) is 10.6. The quantitative estimate of drug-likeness (QED) is 0.513. The van der Waals surface area contributed by atoms with Crippen molar-refractivity contribution in [1.29, 1.82) is 0 Å². The van der Waals surface area contributed by atoms with Crippen molar-refractivity contribution >= 4 is 17.8 Å². The zero-order valence-electron chi connectivity index (χ0n) is 11.7. The topological polar surface area (TPSA) is 105 Å². The molecule has 1 amide bonds. The van der Waals surface area contributed by atoms with Crippen molar-refractivity contribution in [2.24, 2.45) is 5.10 Å². The first-order chi connectivity index (χ1) is 10.5. The van der Waals surface area contributed by atoms with Gasteiger partial charge in [-0.05, 0) is 30.7 Å². The summed E-state index contributed by atoms with van der Waals surface area (Å²) in [5.41, 5.74) is 3.62. The number of carbonyl (C=O) groups excluding carboxylic acids is 1. The summed E-state index contributed by atoms with van der Waals surface area (Å²) in [4.78, 5) is 21.9. The van der Waals surface area contributed by atoms with Crippen LogP contribution in [-0.4, -0.2) is 22.2 Å². The molecule has 0 aliphatic carbocycles. The summed E-state index contributed by atoms with van der Waals surface area (Å²) >= 11 is 0. The highest BCUT2D eigenvalue weighted by atomic mass is 16.6. The number of nitrogens with one attached hydrogen (secondary N) is 1. The Kier molecular flexibility index (Phi) is 4.47. The number of hydrogen-bond donors (Lipinski definition) is 2. The molecule has 0 fully saturated rings. The Morgan fingerprint density at radius 2 is 2.05 bits per heavy atom. The fourth-order valence-electron chi connectivity index (χ4n) is 1.82. The molecule has 0 aliphatic rings. The Morgan fingerprint density at radius 1 is 1.32 bits per heavy atom. The number of phenolic OH excluding ortho intramolecular Hbond substituents is 1. The van der Waals surface area contributed by atoms with Crippen LogP contribution in [0.4, 0.5) is 5.69 Å². The third-order valence-corrected chi connectivity index (χ3v) is 2.97. The molecule has 2 aromatic rings. The van der Waals surface area contributed by atoms with Gasteiger partial charge in [0.05, 0.1) is 11.1 Å². The molecule has 0 saturated heterocycles. The summed E-state index contributed by atoms with van der Waals surface area (Å²) in [6.45, 7) is 1.81. The number of aryl methyl sites for hydroxylation is 1. The highest BCUT2D eigenvalue weighted by Crippen LogP contribution is 2.25. The van der Waals surface area contributed by atoms with E-state index in [-0.39, 0.29) is 5.91 Å². The molecule has 0 bridgehead atoms. The fourth-order valence-corrected chi connectivity index (χ4v) is 1.82. The van der Waals surface area contributed by atoms with Gasteiger partial charge in [-0.1, -0.05) is 18.2 Å². The van der Waals surface area contributed by atoms with Crippen molar-refractivity contribution in [2.45, 2.75) is 6.92 Å². The van der Waals surface area contributed by atoms with E-state index >= 15 is 0 Å². The number of nitrogens with zero attached hydrogens (tertiary/aromatic N) is 2. The number of benzene rings is 2. The van der Waals surface area contributed by atoms with Crippen molar-refractivity contribution in [3.05, 3.63) is 69.3 Å². The van der Waals surface area contributed by atoms with Crippen molar-refractivity contribution in [3.8, 4) is 5.75 Å². The van der Waals surface area contributed by atoms with E-state index in [4.69, 9.17) is 0 Å². The van der Waals surface area contributed by atoms with Crippen LogP contribution in [0.2, 0.25) is 0 Å². The van der Waals surface area contributed by atoms with Gasteiger partial charge in [0.2, 0.25) is 0 Å². The first kappa shape index (κ1) is 15.2. The minimum Gasteiger partial charge on any atom is -0.502 e. The maximum Gasteiger partial charge on any atom is 0.311 e. The number of carbonyl (C=O) groups is 1. The van der Waals surface area contributed by atoms with Crippen molar-refractivity contribution < 1.29 is 14.8 Å². The summed E-state index contributed by atoms with van der Waals surface area (Å²) in [5, 5.41) is 23.8. The molecule has 0 aliphatic heterocycles. The van der Waals surface area contributed by atoms with Crippen molar-refractivity contribution in [2.75, 3.05) is 0 Å². The van der Waals surface area contributed by atoms with Crippen LogP contribution in [0, 0.1) is 17.0 Å². The van der Waals surface area contributed by atoms with Crippen LogP contribution in [-0.2, 0) is 0 Å². The Hall–Kier alpha value is -3.22. The van der Waals surface area contributed by atoms with Gasteiger partial charge in [-0.15, -0.1) is 0 Å². The molecular formula is C15H13N3O4. The van der Waals surface area contributed by atoms with Gasteiger partial charge in [-0.2, -0.15) is 5.10 Å². The molecule has 2 N–H and O–H groups in total. The molecule has 0 spiro atoms. The van der Waals surface area contributed by atoms with E-state index in [1.54, 1.807) is 12.1 Å². The van der Waals surface area contributed by atoms with Crippen LogP contribution in [0.3, 0.4) is 0 Å². The Labute approximate surface area is 126 Å². The first-order valence-electron chi connectivity index (χ1n) is 6.35. The van der Waals surface area contributed by atoms with Gasteiger partial charge in [0.1, 0.15) is 0 Å². The summed E-state index contributed by atoms with van der Waals surface area (Å²) in [6, 6.07) is 10.9. The third-order valence-electron chi connectivity index (χ3n) is 2.97. The molecule has 7 heteroatoms. The molecule has 0 heterocycles. The Morgan fingerprint density at radius 3 is 2.73 bits per heavy atom. The van der Waals surface area contributed by atoms with Crippen LogP contribution in [0.1, 0.15) is 21.5 Å². The molecule has 0 unspecified atom stereocenters. The van der Waals surface area contributed by atoms with E-state index in [1.165, 1.54) is 24.4 Å². The highest BCUT2D eigenvalue weighted by molar-refractivity contribution is 5.96. The van der Waals surface area contributed by atoms with Crippen molar-refractivity contribution in [3.63, 3.8) is 0 Å². The van der Waals surface area contributed by atoms with E-state index < -0.39 is 16.4 Å².